The van der Waals surface area contributed by atoms with Gasteiger partial charge in [-0.2, -0.15) is 5.26 Å². The molecule has 2 N–H and O–H groups in total. The first-order chi connectivity index (χ1) is 16.8. The zero-order chi connectivity index (χ0) is 25.3. The molecule has 0 amide bonds. The van der Waals surface area contributed by atoms with Gasteiger partial charge in [0.15, 0.2) is 11.5 Å². The van der Waals surface area contributed by atoms with Crippen molar-refractivity contribution in [3.8, 4) is 29.1 Å². The highest BCUT2D eigenvalue weighted by Gasteiger charge is 2.37. The van der Waals surface area contributed by atoms with E-state index >= 15 is 0 Å². The van der Waals surface area contributed by atoms with Gasteiger partial charge in [0.1, 0.15) is 17.4 Å². The van der Waals surface area contributed by atoms with Crippen molar-refractivity contribution in [3.05, 3.63) is 92.2 Å². The summed E-state index contributed by atoms with van der Waals surface area (Å²) >= 11 is 0. The van der Waals surface area contributed by atoms with Crippen molar-refractivity contribution >= 4 is 0 Å². The number of aryl methyl sites for hydroxylation is 2. The second-order valence-corrected chi connectivity index (χ2v) is 8.29. The Morgan fingerprint density at radius 3 is 2.31 bits per heavy atom. The van der Waals surface area contributed by atoms with Crippen LogP contribution >= 0.6 is 0 Å². The first-order valence-electron chi connectivity index (χ1n) is 11.0. The molecule has 8 nitrogen and oxygen atoms in total. The number of hydrogen-bond donors (Lipinski definition) is 1. The van der Waals surface area contributed by atoms with Crippen molar-refractivity contribution in [2.75, 3.05) is 21.3 Å². The molecular formula is C27H27N3O5. The molecule has 0 fully saturated rings. The van der Waals surface area contributed by atoms with Crippen LogP contribution in [0.1, 0.15) is 33.9 Å². The van der Waals surface area contributed by atoms with E-state index in [1.807, 2.05) is 38.1 Å². The maximum Gasteiger partial charge on any atom is 0.259 e. The third kappa shape index (κ3) is 4.06. The standard InChI is InChI=1S/C27H27N3O5/c1-15-6-8-17(9-7-15)14-30-16(2)12-21-23(27(30)31)22(19(13-28)26(29)35-21)18-10-11-20(32-3)25(34-5)24(18)33-4/h6-12,22H,14,29H2,1-5H3/t22-/m0/s1. The van der Waals surface area contributed by atoms with E-state index in [-0.39, 0.29) is 17.0 Å². The molecule has 1 aromatic heterocycles. The molecule has 8 heteroatoms. The number of nitrogens with zero attached hydrogens (tertiary/aromatic N) is 2. The summed E-state index contributed by atoms with van der Waals surface area (Å²) in [5, 5.41) is 10.0. The molecule has 0 radical (unpaired) electrons. The van der Waals surface area contributed by atoms with Crippen molar-refractivity contribution < 1.29 is 18.9 Å². The number of rotatable bonds is 6. The van der Waals surface area contributed by atoms with Crippen LogP contribution in [0.15, 0.2) is 58.7 Å². The first kappa shape index (κ1) is 23.8. The minimum absolute atomic E-state index is 0.0584. The maximum absolute atomic E-state index is 13.9. The predicted octanol–water partition coefficient (Wildman–Crippen LogP) is 3.76. The minimum atomic E-state index is -0.823. The lowest BCUT2D eigenvalue weighted by molar-refractivity contribution is 0.321. The summed E-state index contributed by atoms with van der Waals surface area (Å²) < 4.78 is 24.1. The van der Waals surface area contributed by atoms with E-state index in [9.17, 15) is 10.1 Å². The van der Waals surface area contributed by atoms with Gasteiger partial charge in [-0.05, 0) is 25.5 Å². The van der Waals surface area contributed by atoms with Gasteiger partial charge in [0, 0.05) is 17.3 Å². The molecule has 3 aromatic rings. The fraction of sp³-hybridized carbons (Fsp3) is 0.259. The molecule has 1 atom stereocenters. The molecule has 2 aromatic carbocycles. The molecule has 1 aliphatic heterocycles. The minimum Gasteiger partial charge on any atom is -0.493 e. The lowest BCUT2D eigenvalue weighted by Gasteiger charge is -2.29. The van der Waals surface area contributed by atoms with Crippen LogP contribution in [0.25, 0.3) is 0 Å². The molecule has 1 aliphatic rings. The number of pyridine rings is 1. The van der Waals surface area contributed by atoms with Crippen LogP contribution in [-0.4, -0.2) is 25.9 Å². The Labute approximate surface area is 203 Å². The highest BCUT2D eigenvalue weighted by Crippen LogP contribution is 2.49. The monoisotopic (exact) mass is 473 g/mol. The van der Waals surface area contributed by atoms with E-state index in [1.54, 1.807) is 22.8 Å². The van der Waals surface area contributed by atoms with Crippen molar-refractivity contribution in [2.45, 2.75) is 26.3 Å². The normalized spacial score (nSPS) is 14.6. The number of fused-ring (bicyclic) bond motifs is 1. The molecule has 4 rings (SSSR count). The summed E-state index contributed by atoms with van der Waals surface area (Å²) in [7, 11) is 4.51. The van der Waals surface area contributed by atoms with Crippen molar-refractivity contribution in [1.29, 1.82) is 5.26 Å². The number of nitriles is 1. The van der Waals surface area contributed by atoms with Gasteiger partial charge < -0.3 is 29.2 Å². The largest absolute Gasteiger partial charge is 0.493 e. The Morgan fingerprint density at radius 2 is 1.71 bits per heavy atom. The Kier molecular flexibility index (Phi) is 6.43. The third-order valence-corrected chi connectivity index (χ3v) is 6.20. The molecule has 0 unspecified atom stereocenters. The van der Waals surface area contributed by atoms with Crippen LogP contribution in [0.5, 0.6) is 23.0 Å². The number of allylic oxidation sites excluding steroid dienone is 1. The highest BCUT2D eigenvalue weighted by molar-refractivity contribution is 5.64. The van der Waals surface area contributed by atoms with E-state index in [0.29, 0.717) is 46.4 Å². The Balaban J connectivity index is 1.98. The zero-order valence-electron chi connectivity index (χ0n) is 20.3. The Bertz CT molecular complexity index is 1410. The molecule has 2 heterocycles. The highest BCUT2D eigenvalue weighted by atomic mass is 16.5. The molecule has 0 aliphatic carbocycles. The van der Waals surface area contributed by atoms with E-state index < -0.39 is 5.92 Å². The lowest BCUT2D eigenvalue weighted by atomic mass is 9.83. The summed E-state index contributed by atoms with van der Waals surface area (Å²) in [6.45, 7) is 4.22. The Morgan fingerprint density at radius 1 is 1.03 bits per heavy atom. The number of aromatic nitrogens is 1. The zero-order valence-corrected chi connectivity index (χ0v) is 20.3. The maximum atomic E-state index is 13.9. The van der Waals surface area contributed by atoms with Crippen LogP contribution in [-0.2, 0) is 6.54 Å². The Hall–Kier alpha value is -4.38. The average Bonchev–Trinajstić information content (AvgIpc) is 2.85. The van der Waals surface area contributed by atoms with Crippen molar-refractivity contribution in [3.63, 3.8) is 0 Å². The average molecular weight is 474 g/mol. The van der Waals surface area contributed by atoms with Crippen LogP contribution in [0.2, 0.25) is 0 Å². The van der Waals surface area contributed by atoms with E-state index in [0.717, 1.165) is 11.1 Å². The van der Waals surface area contributed by atoms with Gasteiger partial charge in [0.05, 0.1) is 39.4 Å². The van der Waals surface area contributed by atoms with E-state index in [4.69, 9.17) is 24.7 Å². The van der Waals surface area contributed by atoms with Gasteiger partial charge in [0.2, 0.25) is 11.6 Å². The third-order valence-electron chi connectivity index (χ3n) is 6.20. The molecule has 180 valence electrons. The number of hydrogen-bond acceptors (Lipinski definition) is 7. The topological polar surface area (TPSA) is 109 Å². The summed E-state index contributed by atoms with van der Waals surface area (Å²) in [4.78, 5) is 13.9. The number of benzene rings is 2. The molecule has 0 saturated heterocycles. The molecule has 0 saturated carbocycles. The van der Waals surface area contributed by atoms with Gasteiger partial charge in [-0.15, -0.1) is 0 Å². The van der Waals surface area contributed by atoms with Crippen LogP contribution < -0.4 is 30.2 Å². The van der Waals surface area contributed by atoms with Crippen LogP contribution in [0.4, 0.5) is 0 Å². The number of nitrogens with two attached hydrogens (primary N) is 1. The molecular weight excluding hydrogens is 446 g/mol. The summed E-state index contributed by atoms with van der Waals surface area (Å²) in [5.74, 6) is 0.578. The fourth-order valence-electron chi connectivity index (χ4n) is 4.42. The first-order valence-corrected chi connectivity index (χ1v) is 11.0. The van der Waals surface area contributed by atoms with Gasteiger partial charge in [0.25, 0.3) is 5.56 Å². The lowest BCUT2D eigenvalue weighted by Crippen LogP contribution is -2.33. The van der Waals surface area contributed by atoms with E-state index in [2.05, 4.69) is 6.07 Å². The predicted molar refractivity (Wildman–Crippen MR) is 131 cm³/mol. The molecule has 35 heavy (non-hydrogen) atoms. The fourth-order valence-corrected chi connectivity index (χ4v) is 4.42. The van der Waals surface area contributed by atoms with Gasteiger partial charge in [-0.25, -0.2) is 0 Å². The van der Waals surface area contributed by atoms with Gasteiger partial charge >= 0.3 is 0 Å². The van der Waals surface area contributed by atoms with Gasteiger partial charge in [-0.3, -0.25) is 4.79 Å². The second-order valence-electron chi connectivity index (χ2n) is 8.29. The smallest absolute Gasteiger partial charge is 0.259 e. The quantitative estimate of drug-likeness (QED) is 0.581. The second kappa shape index (κ2) is 9.47. The SMILES string of the molecule is COc1ccc([C@H]2C(C#N)=C(N)Oc3cc(C)n(Cc4ccc(C)cc4)c(=O)c32)c(OC)c1OC. The summed E-state index contributed by atoms with van der Waals surface area (Å²) in [5.41, 5.74) is 9.66. The van der Waals surface area contributed by atoms with Crippen LogP contribution in [0.3, 0.4) is 0 Å². The molecule has 0 spiro atoms. The van der Waals surface area contributed by atoms with Crippen molar-refractivity contribution in [2.24, 2.45) is 5.73 Å². The summed E-state index contributed by atoms with van der Waals surface area (Å²) in [6.07, 6.45) is 0. The summed E-state index contributed by atoms with van der Waals surface area (Å²) in [6, 6.07) is 15.3. The number of ether oxygens (including phenoxy) is 4. The number of methoxy groups -OCH3 is 3. The molecule has 0 bridgehead atoms. The van der Waals surface area contributed by atoms with Crippen molar-refractivity contribution in [1.82, 2.24) is 4.57 Å². The van der Waals surface area contributed by atoms with E-state index in [1.165, 1.54) is 21.3 Å². The van der Waals surface area contributed by atoms with Crippen LogP contribution in [0, 0.1) is 25.2 Å². The van der Waals surface area contributed by atoms with Gasteiger partial charge in [-0.1, -0.05) is 35.9 Å².